The monoisotopic (exact) mass is 256 g/mol. The molecule has 1 aromatic carbocycles. The average Bonchev–Trinajstić information content (AvgIpc) is 2.94. The molecule has 1 unspecified atom stereocenters. The molecule has 2 aromatic rings. The molecule has 0 bridgehead atoms. The van der Waals surface area contributed by atoms with Crippen molar-refractivity contribution in [3.63, 3.8) is 0 Å². The van der Waals surface area contributed by atoms with Gasteiger partial charge in [0.25, 0.3) is 0 Å². The molecule has 1 atom stereocenters. The lowest BCUT2D eigenvalue weighted by atomic mass is 9.90. The highest BCUT2D eigenvalue weighted by Gasteiger charge is 2.31. The molecular weight excluding hydrogens is 236 g/mol. The Morgan fingerprint density at radius 1 is 1.32 bits per heavy atom. The van der Waals surface area contributed by atoms with Crippen LogP contribution in [0.4, 0.5) is 0 Å². The van der Waals surface area contributed by atoms with Crippen molar-refractivity contribution < 1.29 is 5.11 Å². The number of hydrogen-bond acceptors (Lipinski definition) is 2. The summed E-state index contributed by atoms with van der Waals surface area (Å²) in [5, 5.41) is 15.3. The maximum absolute atomic E-state index is 11.0. The van der Waals surface area contributed by atoms with Crippen molar-refractivity contribution in [1.82, 2.24) is 9.78 Å². The zero-order chi connectivity index (χ0) is 13.7. The summed E-state index contributed by atoms with van der Waals surface area (Å²) in [6.45, 7) is 6.74. The second kappa shape index (κ2) is 5.85. The molecule has 2 rings (SSSR count). The zero-order valence-electron chi connectivity index (χ0n) is 11.3. The van der Waals surface area contributed by atoms with Crippen molar-refractivity contribution in [3.05, 3.63) is 66.5 Å². The van der Waals surface area contributed by atoms with E-state index in [2.05, 4.69) is 18.6 Å². The van der Waals surface area contributed by atoms with Gasteiger partial charge >= 0.3 is 0 Å². The van der Waals surface area contributed by atoms with Gasteiger partial charge < -0.3 is 5.11 Å². The van der Waals surface area contributed by atoms with Crippen LogP contribution in [0.1, 0.15) is 31.0 Å². The second-order valence-electron chi connectivity index (χ2n) is 4.63. The smallest absolute Gasteiger partial charge is 0.149 e. The molecule has 100 valence electrons. The normalized spacial score (nSPS) is 14.0. The van der Waals surface area contributed by atoms with Crippen LogP contribution < -0.4 is 0 Å². The van der Waals surface area contributed by atoms with Crippen molar-refractivity contribution in [1.29, 1.82) is 0 Å². The number of unbranched alkanes of at least 4 members (excludes halogenated alkanes) is 1. The van der Waals surface area contributed by atoms with Crippen LogP contribution in [0.25, 0.3) is 0 Å². The van der Waals surface area contributed by atoms with Crippen LogP contribution in [0.5, 0.6) is 0 Å². The standard InChI is InChI=1S/C16H20N2O/c1-3-5-13-18-15(11-12-17-18)16(19,4-2)14-9-7-6-8-10-14/h4,6-12,19H,2-3,5,13H2,1H3. The number of aryl methyl sites for hydroxylation is 1. The molecule has 0 saturated heterocycles. The quantitative estimate of drug-likeness (QED) is 0.806. The number of aromatic nitrogens is 2. The molecule has 1 aromatic heterocycles. The van der Waals surface area contributed by atoms with Gasteiger partial charge in [0.1, 0.15) is 5.60 Å². The molecule has 0 radical (unpaired) electrons. The molecule has 0 amide bonds. The van der Waals surface area contributed by atoms with E-state index < -0.39 is 5.60 Å². The van der Waals surface area contributed by atoms with Crippen LogP contribution in [0.15, 0.2) is 55.3 Å². The van der Waals surface area contributed by atoms with E-state index in [9.17, 15) is 5.11 Å². The average molecular weight is 256 g/mol. The number of benzene rings is 1. The molecule has 19 heavy (non-hydrogen) atoms. The van der Waals surface area contributed by atoms with E-state index in [1.807, 2.05) is 41.1 Å². The van der Waals surface area contributed by atoms with Crippen LogP contribution >= 0.6 is 0 Å². The van der Waals surface area contributed by atoms with Gasteiger partial charge in [0.15, 0.2) is 0 Å². The number of rotatable bonds is 6. The first-order valence-electron chi connectivity index (χ1n) is 6.66. The lowest BCUT2D eigenvalue weighted by Gasteiger charge is -2.26. The van der Waals surface area contributed by atoms with E-state index in [-0.39, 0.29) is 0 Å². The van der Waals surface area contributed by atoms with Crippen molar-refractivity contribution in [3.8, 4) is 0 Å². The third-order valence-corrected chi connectivity index (χ3v) is 3.34. The number of hydrogen-bond donors (Lipinski definition) is 1. The molecule has 1 N–H and O–H groups in total. The van der Waals surface area contributed by atoms with Crippen molar-refractivity contribution in [2.24, 2.45) is 0 Å². The van der Waals surface area contributed by atoms with Crippen LogP contribution in [0.2, 0.25) is 0 Å². The van der Waals surface area contributed by atoms with E-state index >= 15 is 0 Å². The Hall–Kier alpha value is -1.87. The Morgan fingerprint density at radius 3 is 2.68 bits per heavy atom. The SMILES string of the molecule is C=CC(O)(c1ccccc1)c1ccnn1CCCC. The fraction of sp³-hybridized carbons (Fsp3) is 0.312. The molecule has 0 spiro atoms. The van der Waals surface area contributed by atoms with E-state index in [1.165, 1.54) is 0 Å². The molecule has 3 nitrogen and oxygen atoms in total. The van der Waals surface area contributed by atoms with Gasteiger partial charge in [-0.15, -0.1) is 0 Å². The van der Waals surface area contributed by atoms with Gasteiger partial charge in [-0.2, -0.15) is 5.10 Å². The van der Waals surface area contributed by atoms with Crippen LogP contribution in [-0.2, 0) is 12.1 Å². The highest BCUT2D eigenvalue weighted by atomic mass is 16.3. The molecule has 0 aliphatic carbocycles. The lowest BCUT2D eigenvalue weighted by molar-refractivity contribution is 0.123. The van der Waals surface area contributed by atoms with Crippen molar-refractivity contribution >= 4 is 0 Å². The minimum atomic E-state index is -1.19. The summed E-state index contributed by atoms with van der Waals surface area (Å²) in [6, 6.07) is 11.4. The Bertz CT molecular complexity index is 533. The Labute approximate surface area is 114 Å². The summed E-state index contributed by atoms with van der Waals surface area (Å²) in [6.07, 6.45) is 5.43. The molecule has 0 aliphatic heterocycles. The maximum Gasteiger partial charge on any atom is 0.149 e. The van der Waals surface area contributed by atoms with Gasteiger partial charge in [-0.05, 0) is 24.1 Å². The number of nitrogens with zero attached hydrogens (tertiary/aromatic N) is 2. The first kappa shape index (κ1) is 13.6. The Morgan fingerprint density at radius 2 is 2.05 bits per heavy atom. The van der Waals surface area contributed by atoms with E-state index in [4.69, 9.17) is 0 Å². The van der Waals surface area contributed by atoms with Crippen molar-refractivity contribution in [2.45, 2.75) is 31.9 Å². The van der Waals surface area contributed by atoms with Gasteiger partial charge in [-0.3, -0.25) is 4.68 Å². The third-order valence-electron chi connectivity index (χ3n) is 3.34. The van der Waals surface area contributed by atoms with E-state index in [0.29, 0.717) is 0 Å². The van der Waals surface area contributed by atoms with Crippen LogP contribution in [-0.4, -0.2) is 14.9 Å². The molecule has 0 saturated carbocycles. The summed E-state index contributed by atoms with van der Waals surface area (Å²) in [7, 11) is 0. The molecule has 0 aliphatic rings. The Kier molecular flexibility index (Phi) is 4.17. The summed E-state index contributed by atoms with van der Waals surface area (Å²) in [4.78, 5) is 0. The van der Waals surface area contributed by atoms with Gasteiger partial charge in [-0.1, -0.05) is 50.3 Å². The van der Waals surface area contributed by atoms with Gasteiger partial charge in [0, 0.05) is 12.7 Å². The Balaban J connectivity index is 2.42. The predicted octanol–water partition coefficient (Wildman–Crippen LogP) is 3.11. The minimum Gasteiger partial charge on any atom is -0.375 e. The highest BCUT2D eigenvalue weighted by molar-refractivity contribution is 5.36. The second-order valence-corrected chi connectivity index (χ2v) is 4.63. The molecular formula is C16H20N2O. The fourth-order valence-electron chi connectivity index (χ4n) is 2.21. The topological polar surface area (TPSA) is 38.1 Å². The van der Waals surface area contributed by atoms with Crippen LogP contribution in [0, 0.1) is 0 Å². The van der Waals surface area contributed by atoms with Gasteiger partial charge in [0.2, 0.25) is 0 Å². The summed E-state index contributed by atoms with van der Waals surface area (Å²) in [5.74, 6) is 0. The molecule has 0 fully saturated rings. The maximum atomic E-state index is 11.0. The van der Waals surface area contributed by atoms with Crippen molar-refractivity contribution in [2.75, 3.05) is 0 Å². The first-order valence-corrected chi connectivity index (χ1v) is 6.66. The highest BCUT2D eigenvalue weighted by Crippen LogP contribution is 2.30. The van der Waals surface area contributed by atoms with Gasteiger partial charge in [0.05, 0.1) is 5.69 Å². The fourth-order valence-corrected chi connectivity index (χ4v) is 2.21. The lowest BCUT2D eigenvalue weighted by Crippen LogP contribution is -2.28. The molecule has 3 heteroatoms. The predicted molar refractivity (Wildman–Crippen MR) is 76.8 cm³/mol. The summed E-state index contributed by atoms with van der Waals surface area (Å²) < 4.78 is 1.86. The van der Waals surface area contributed by atoms with E-state index in [0.717, 1.165) is 30.6 Å². The largest absolute Gasteiger partial charge is 0.375 e. The zero-order valence-corrected chi connectivity index (χ0v) is 11.3. The summed E-state index contributed by atoms with van der Waals surface area (Å²) >= 11 is 0. The molecule has 1 heterocycles. The number of aliphatic hydroxyl groups is 1. The first-order chi connectivity index (χ1) is 9.22. The minimum absolute atomic E-state index is 0.766. The third kappa shape index (κ3) is 2.61. The van der Waals surface area contributed by atoms with Crippen LogP contribution in [0.3, 0.4) is 0 Å². The van der Waals surface area contributed by atoms with Gasteiger partial charge in [-0.25, -0.2) is 0 Å². The van der Waals surface area contributed by atoms with E-state index in [1.54, 1.807) is 12.3 Å². The summed E-state index contributed by atoms with van der Waals surface area (Å²) in [5.41, 5.74) is 0.385.